The van der Waals surface area contributed by atoms with Gasteiger partial charge in [-0.15, -0.1) is 10.2 Å². The van der Waals surface area contributed by atoms with Crippen LogP contribution in [0.3, 0.4) is 0 Å². The molecule has 0 amide bonds. The maximum absolute atomic E-state index is 12.1. The molecule has 2 heterocycles. The molecule has 23 heavy (non-hydrogen) atoms. The van der Waals surface area contributed by atoms with Crippen LogP contribution in [0.4, 0.5) is 8.78 Å². The highest BCUT2D eigenvalue weighted by Gasteiger charge is 2.11. The molecule has 1 aromatic carbocycles. The second-order valence-corrected chi connectivity index (χ2v) is 5.31. The fourth-order valence-corrected chi connectivity index (χ4v) is 2.53. The Morgan fingerprint density at radius 1 is 1.30 bits per heavy atom. The van der Waals surface area contributed by atoms with Crippen molar-refractivity contribution in [3.05, 3.63) is 35.9 Å². The van der Waals surface area contributed by atoms with Gasteiger partial charge in [-0.25, -0.2) is 4.98 Å². The lowest BCUT2D eigenvalue weighted by Crippen LogP contribution is -2.04. The van der Waals surface area contributed by atoms with E-state index >= 15 is 0 Å². The molecule has 0 aliphatic heterocycles. The van der Waals surface area contributed by atoms with E-state index in [-0.39, 0.29) is 5.75 Å². The van der Waals surface area contributed by atoms with E-state index in [2.05, 4.69) is 35.4 Å². The summed E-state index contributed by atoms with van der Waals surface area (Å²) in [6, 6.07) is 6.05. The Hall–Kier alpha value is -2.56. The fourth-order valence-electron chi connectivity index (χ4n) is 1.78. The van der Waals surface area contributed by atoms with Crippen molar-refractivity contribution in [3.63, 3.8) is 0 Å². The first kappa shape index (κ1) is 15.3. The summed E-state index contributed by atoms with van der Waals surface area (Å²) in [5, 5.41) is 18.8. The molecule has 0 spiro atoms. The predicted octanol–water partition coefficient (Wildman–Crippen LogP) is 1.98. The van der Waals surface area contributed by atoms with E-state index in [4.69, 9.17) is 0 Å². The van der Waals surface area contributed by atoms with Crippen molar-refractivity contribution in [1.82, 2.24) is 35.4 Å². The van der Waals surface area contributed by atoms with Gasteiger partial charge in [-0.1, -0.05) is 11.8 Å². The molecule has 0 saturated heterocycles. The zero-order valence-corrected chi connectivity index (χ0v) is 12.7. The van der Waals surface area contributed by atoms with Gasteiger partial charge in [0.15, 0.2) is 5.82 Å². The zero-order chi connectivity index (χ0) is 16.2. The van der Waals surface area contributed by atoms with Gasteiger partial charge in [0.25, 0.3) is 0 Å². The SMILES string of the molecule is Cc1nc(SCc2nnnn2-c2ccc(OC(F)F)cc2)n[nH]1. The number of aromatic nitrogens is 7. The number of hydrogen-bond acceptors (Lipinski definition) is 7. The second-order valence-electron chi connectivity index (χ2n) is 4.37. The topological polar surface area (TPSA) is 94.4 Å². The van der Waals surface area contributed by atoms with E-state index in [9.17, 15) is 8.78 Å². The molecular weight excluding hydrogens is 328 g/mol. The number of hydrogen-bond donors (Lipinski definition) is 1. The molecular formula is C12H11F2N7OS. The van der Waals surface area contributed by atoms with E-state index in [1.54, 1.807) is 12.1 Å². The molecule has 120 valence electrons. The second kappa shape index (κ2) is 6.69. The highest BCUT2D eigenvalue weighted by atomic mass is 32.2. The minimum atomic E-state index is -2.86. The third-order valence-electron chi connectivity index (χ3n) is 2.75. The zero-order valence-electron chi connectivity index (χ0n) is 11.8. The van der Waals surface area contributed by atoms with Gasteiger partial charge in [0, 0.05) is 0 Å². The largest absolute Gasteiger partial charge is 0.435 e. The van der Waals surface area contributed by atoms with Gasteiger partial charge in [-0.3, -0.25) is 5.10 Å². The van der Waals surface area contributed by atoms with Crippen molar-refractivity contribution in [2.75, 3.05) is 0 Å². The van der Waals surface area contributed by atoms with Crippen LogP contribution in [-0.2, 0) is 5.75 Å². The number of ether oxygens (including phenoxy) is 1. The average Bonchev–Trinajstić information content (AvgIpc) is 3.14. The van der Waals surface area contributed by atoms with E-state index in [0.717, 1.165) is 5.82 Å². The maximum Gasteiger partial charge on any atom is 0.387 e. The van der Waals surface area contributed by atoms with Gasteiger partial charge in [0.1, 0.15) is 11.6 Å². The lowest BCUT2D eigenvalue weighted by Gasteiger charge is -2.06. The van der Waals surface area contributed by atoms with Gasteiger partial charge < -0.3 is 4.74 Å². The third-order valence-corrected chi connectivity index (χ3v) is 3.59. The van der Waals surface area contributed by atoms with Crippen molar-refractivity contribution in [2.24, 2.45) is 0 Å². The van der Waals surface area contributed by atoms with Gasteiger partial charge in [-0.2, -0.15) is 13.5 Å². The summed E-state index contributed by atoms with van der Waals surface area (Å²) in [5.74, 6) is 1.84. The number of tetrazole rings is 1. The molecule has 0 radical (unpaired) electrons. The predicted molar refractivity (Wildman–Crippen MR) is 76.5 cm³/mol. The minimum Gasteiger partial charge on any atom is -0.435 e. The summed E-state index contributed by atoms with van der Waals surface area (Å²) in [5.41, 5.74) is 0.637. The highest BCUT2D eigenvalue weighted by Crippen LogP contribution is 2.21. The first-order valence-electron chi connectivity index (χ1n) is 6.46. The summed E-state index contributed by atoms with van der Waals surface area (Å²) in [4.78, 5) is 4.18. The molecule has 0 bridgehead atoms. The number of rotatable bonds is 6. The van der Waals surface area contributed by atoms with E-state index in [0.29, 0.717) is 22.4 Å². The molecule has 0 aliphatic carbocycles. The van der Waals surface area contributed by atoms with Gasteiger partial charge in [0.05, 0.1) is 11.4 Å². The number of H-pyrrole nitrogens is 1. The van der Waals surface area contributed by atoms with Crippen LogP contribution in [0.15, 0.2) is 29.4 Å². The summed E-state index contributed by atoms with van der Waals surface area (Å²) < 4.78 is 30.1. The number of aryl methyl sites for hydroxylation is 1. The molecule has 1 N–H and O–H groups in total. The number of alkyl halides is 2. The van der Waals surface area contributed by atoms with E-state index < -0.39 is 6.61 Å². The molecule has 0 aliphatic rings. The van der Waals surface area contributed by atoms with Crippen LogP contribution >= 0.6 is 11.8 Å². The first-order chi connectivity index (χ1) is 11.1. The minimum absolute atomic E-state index is 0.0731. The van der Waals surface area contributed by atoms with Crippen molar-refractivity contribution in [3.8, 4) is 11.4 Å². The Morgan fingerprint density at radius 2 is 2.09 bits per heavy atom. The van der Waals surface area contributed by atoms with Crippen LogP contribution in [0, 0.1) is 6.92 Å². The van der Waals surface area contributed by atoms with E-state index in [1.165, 1.54) is 28.6 Å². The van der Waals surface area contributed by atoms with Crippen molar-refractivity contribution < 1.29 is 13.5 Å². The monoisotopic (exact) mass is 339 g/mol. The molecule has 2 aromatic heterocycles. The first-order valence-corrected chi connectivity index (χ1v) is 7.44. The average molecular weight is 339 g/mol. The molecule has 11 heteroatoms. The molecule has 3 rings (SSSR count). The van der Waals surface area contributed by atoms with Gasteiger partial charge in [-0.05, 0) is 41.6 Å². The van der Waals surface area contributed by atoms with E-state index in [1.807, 2.05) is 6.92 Å². The van der Waals surface area contributed by atoms with Crippen LogP contribution in [0.1, 0.15) is 11.6 Å². The van der Waals surface area contributed by atoms with Crippen LogP contribution in [-0.4, -0.2) is 42.0 Å². The number of halogens is 2. The molecule has 8 nitrogen and oxygen atoms in total. The summed E-state index contributed by atoms with van der Waals surface area (Å²) in [7, 11) is 0. The number of thioether (sulfide) groups is 1. The summed E-state index contributed by atoms with van der Waals surface area (Å²) >= 11 is 1.38. The molecule has 3 aromatic rings. The molecule has 0 unspecified atom stereocenters. The summed E-state index contributed by atoms with van der Waals surface area (Å²) in [6.07, 6.45) is 0. The Morgan fingerprint density at radius 3 is 2.74 bits per heavy atom. The maximum atomic E-state index is 12.1. The van der Waals surface area contributed by atoms with Gasteiger partial charge >= 0.3 is 6.61 Å². The Labute approximate surface area is 133 Å². The molecule has 0 saturated carbocycles. The van der Waals surface area contributed by atoms with Crippen molar-refractivity contribution in [2.45, 2.75) is 24.4 Å². The van der Waals surface area contributed by atoms with Gasteiger partial charge in [0.2, 0.25) is 5.16 Å². The lowest BCUT2D eigenvalue weighted by atomic mass is 10.3. The Kier molecular flexibility index (Phi) is 4.46. The smallest absolute Gasteiger partial charge is 0.387 e. The number of nitrogens with one attached hydrogen (secondary N) is 1. The normalized spacial score (nSPS) is 11.1. The Bertz CT molecular complexity index is 774. The molecule has 0 fully saturated rings. The van der Waals surface area contributed by atoms with Crippen molar-refractivity contribution >= 4 is 11.8 Å². The Balaban J connectivity index is 1.72. The molecule has 0 atom stereocenters. The number of nitrogens with zero attached hydrogens (tertiary/aromatic N) is 6. The standard InChI is InChI=1S/C12H11F2N7OS/c1-7-15-12(18-16-7)23-6-10-17-19-20-21(10)8-2-4-9(5-3-8)22-11(13)14/h2-5,11H,6H2,1H3,(H,15,16,18). The number of aromatic amines is 1. The highest BCUT2D eigenvalue weighted by molar-refractivity contribution is 7.98. The quantitative estimate of drug-likeness (QED) is 0.686. The lowest BCUT2D eigenvalue weighted by molar-refractivity contribution is -0.0498. The van der Waals surface area contributed by atoms with Crippen LogP contribution in [0.25, 0.3) is 5.69 Å². The number of benzene rings is 1. The van der Waals surface area contributed by atoms with Crippen molar-refractivity contribution in [1.29, 1.82) is 0 Å². The fraction of sp³-hybridized carbons (Fsp3) is 0.250. The van der Waals surface area contributed by atoms with Crippen LogP contribution in [0.5, 0.6) is 5.75 Å². The summed E-state index contributed by atoms with van der Waals surface area (Å²) in [6.45, 7) is -1.05. The van der Waals surface area contributed by atoms with Crippen LogP contribution < -0.4 is 4.74 Å². The van der Waals surface area contributed by atoms with Crippen LogP contribution in [0.2, 0.25) is 0 Å². The third kappa shape index (κ3) is 3.80.